The summed E-state index contributed by atoms with van der Waals surface area (Å²) in [6.45, 7) is 5.56. The Morgan fingerprint density at radius 3 is 2.38 bits per heavy atom. The van der Waals surface area contributed by atoms with Crippen LogP contribution >= 0.6 is 0 Å². The molecule has 0 heterocycles. The van der Waals surface area contributed by atoms with Crippen molar-refractivity contribution >= 4 is 10.0 Å². The van der Waals surface area contributed by atoms with Gasteiger partial charge < -0.3 is 4.74 Å². The number of ether oxygens (including phenoxy) is 1. The average Bonchev–Trinajstić information content (AvgIpc) is 2.40. The van der Waals surface area contributed by atoms with Crippen molar-refractivity contribution in [3.63, 3.8) is 0 Å². The molecule has 0 N–H and O–H groups in total. The monoisotopic (exact) mass is 364 g/mol. The molecule has 1 aromatic carbocycles. The average molecular weight is 364 g/mol. The van der Waals surface area contributed by atoms with Gasteiger partial charge in [-0.2, -0.15) is 9.57 Å². The molecule has 0 saturated carbocycles. The third-order valence-corrected chi connectivity index (χ3v) is 4.64. The lowest BCUT2D eigenvalue weighted by molar-refractivity contribution is -0.274. The molecule has 0 aliphatic rings. The van der Waals surface area contributed by atoms with Crippen LogP contribution in [0.25, 0.3) is 0 Å². The Balaban J connectivity index is 3.19. The molecule has 0 saturated heterocycles. The highest BCUT2D eigenvalue weighted by molar-refractivity contribution is 7.89. The lowest BCUT2D eigenvalue weighted by Gasteiger charge is -2.28. The van der Waals surface area contributed by atoms with Gasteiger partial charge in [0, 0.05) is 25.6 Å². The van der Waals surface area contributed by atoms with Crippen LogP contribution in [-0.2, 0) is 10.0 Å². The molecule has 0 spiro atoms. The highest BCUT2D eigenvalue weighted by atomic mass is 32.2. The second-order valence-corrected chi connectivity index (χ2v) is 8.27. The van der Waals surface area contributed by atoms with Crippen molar-refractivity contribution in [3.8, 4) is 11.8 Å². The fourth-order valence-corrected chi connectivity index (χ4v) is 3.67. The molecular formula is C15H19F3N2O3S. The van der Waals surface area contributed by atoms with E-state index in [9.17, 15) is 21.6 Å². The van der Waals surface area contributed by atoms with E-state index >= 15 is 0 Å². The van der Waals surface area contributed by atoms with Gasteiger partial charge in [0.15, 0.2) is 0 Å². The number of benzene rings is 1. The third kappa shape index (κ3) is 6.37. The molecule has 0 fully saturated rings. The van der Waals surface area contributed by atoms with E-state index in [1.165, 1.54) is 12.1 Å². The highest BCUT2D eigenvalue weighted by Crippen LogP contribution is 2.28. The Hall–Kier alpha value is -1.79. The number of nitrogens with zero attached hydrogens (tertiary/aromatic N) is 2. The van der Waals surface area contributed by atoms with E-state index in [1.807, 2.05) is 26.8 Å². The summed E-state index contributed by atoms with van der Waals surface area (Å²) >= 11 is 0. The summed E-state index contributed by atoms with van der Waals surface area (Å²) < 4.78 is 67.2. The summed E-state index contributed by atoms with van der Waals surface area (Å²) in [5.74, 6) is -0.612. The number of nitriles is 1. The number of alkyl halides is 3. The zero-order chi connectivity index (χ0) is 18.6. The van der Waals surface area contributed by atoms with Gasteiger partial charge in [-0.15, -0.1) is 13.2 Å². The van der Waals surface area contributed by atoms with Crippen molar-refractivity contribution < 1.29 is 26.3 Å². The van der Waals surface area contributed by atoms with Crippen LogP contribution in [0.1, 0.15) is 27.2 Å². The van der Waals surface area contributed by atoms with Gasteiger partial charge in [0.1, 0.15) is 5.75 Å². The molecule has 0 aliphatic carbocycles. The molecule has 0 radical (unpaired) electrons. The van der Waals surface area contributed by atoms with Crippen LogP contribution < -0.4 is 4.74 Å². The van der Waals surface area contributed by atoms with Crippen LogP contribution in [0.2, 0.25) is 0 Å². The lowest BCUT2D eigenvalue weighted by Crippen LogP contribution is -2.38. The standard InChI is InChI=1S/C15H19F3N2O3S/c1-14(2,3)11-20(9-5-8-19)24(21,22)13-7-4-6-12(10-13)23-15(16,17)18/h4,6-7,10H,5,9,11H2,1-3H3. The molecule has 134 valence electrons. The van der Waals surface area contributed by atoms with Crippen LogP contribution in [0, 0.1) is 16.7 Å². The first kappa shape index (κ1) is 20.3. The number of hydrogen-bond acceptors (Lipinski definition) is 4. The second kappa shape index (κ2) is 7.40. The Morgan fingerprint density at radius 1 is 1.25 bits per heavy atom. The summed E-state index contributed by atoms with van der Waals surface area (Å²) in [5.41, 5.74) is -0.386. The molecular weight excluding hydrogens is 345 g/mol. The van der Waals surface area contributed by atoms with Gasteiger partial charge in [0.2, 0.25) is 10.0 Å². The zero-order valence-corrected chi connectivity index (χ0v) is 14.4. The van der Waals surface area contributed by atoms with Gasteiger partial charge >= 0.3 is 6.36 Å². The molecule has 0 atom stereocenters. The van der Waals surface area contributed by atoms with Crippen molar-refractivity contribution in [1.82, 2.24) is 4.31 Å². The molecule has 1 aromatic rings. The van der Waals surface area contributed by atoms with Crippen molar-refractivity contribution in [2.75, 3.05) is 13.1 Å². The van der Waals surface area contributed by atoms with E-state index in [0.717, 1.165) is 16.4 Å². The van der Waals surface area contributed by atoms with Crippen molar-refractivity contribution in [3.05, 3.63) is 24.3 Å². The summed E-state index contributed by atoms with van der Waals surface area (Å²) in [6.07, 6.45) is -4.93. The van der Waals surface area contributed by atoms with E-state index in [0.29, 0.717) is 0 Å². The normalized spacial score (nSPS) is 12.9. The van der Waals surface area contributed by atoms with Crippen LogP contribution in [0.15, 0.2) is 29.2 Å². The van der Waals surface area contributed by atoms with Gasteiger partial charge in [-0.1, -0.05) is 26.8 Å². The molecule has 0 aromatic heterocycles. The quantitative estimate of drug-likeness (QED) is 0.774. The summed E-state index contributed by atoms with van der Waals surface area (Å²) in [4.78, 5) is -0.313. The Kier molecular flexibility index (Phi) is 6.25. The number of rotatable bonds is 6. The minimum Gasteiger partial charge on any atom is -0.406 e. The number of sulfonamides is 1. The van der Waals surface area contributed by atoms with Gasteiger partial charge in [-0.05, 0) is 17.5 Å². The van der Waals surface area contributed by atoms with E-state index in [2.05, 4.69) is 4.74 Å². The molecule has 0 unspecified atom stereocenters. The summed E-state index contributed by atoms with van der Waals surface area (Å²) in [7, 11) is -4.05. The lowest BCUT2D eigenvalue weighted by atomic mass is 9.97. The SMILES string of the molecule is CC(C)(C)CN(CCC#N)S(=O)(=O)c1cccc(OC(F)(F)F)c1. The fourth-order valence-electron chi connectivity index (χ4n) is 1.97. The van der Waals surface area contributed by atoms with Gasteiger partial charge in [0.25, 0.3) is 0 Å². The molecule has 1 rings (SSSR count). The summed E-state index contributed by atoms with van der Waals surface area (Å²) in [6, 6.07) is 6.09. The summed E-state index contributed by atoms with van der Waals surface area (Å²) in [5, 5.41) is 8.70. The molecule has 24 heavy (non-hydrogen) atoms. The molecule has 0 aliphatic heterocycles. The first-order chi connectivity index (χ1) is 10.8. The maximum absolute atomic E-state index is 12.7. The first-order valence-corrected chi connectivity index (χ1v) is 8.52. The van der Waals surface area contributed by atoms with Crippen LogP contribution in [0.3, 0.4) is 0 Å². The van der Waals surface area contributed by atoms with Crippen LogP contribution in [0.5, 0.6) is 5.75 Å². The highest BCUT2D eigenvalue weighted by Gasteiger charge is 2.32. The predicted molar refractivity (Wildman–Crippen MR) is 81.6 cm³/mol. The third-order valence-electron chi connectivity index (χ3n) is 2.80. The van der Waals surface area contributed by atoms with Gasteiger partial charge in [-0.3, -0.25) is 0 Å². The first-order valence-electron chi connectivity index (χ1n) is 7.08. The van der Waals surface area contributed by atoms with Crippen molar-refractivity contribution in [2.45, 2.75) is 38.4 Å². The minimum atomic E-state index is -4.91. The topological polar surface area (TPSA) is 70.4 Å². The predicted octanol–water partition coefficient (Wildman–Crippen LogP) is 3.54. The van der Waals surface area contributed by atoms with E-state index < -0.39 is 22.1 Å². The smallest absolute Gasteiger partial charge is 0.406 e. The fraction of sp³-hybridized carbons (Fsp3) is 0.533. The molecule has 0 bridgehead atoms. The van der Waals surface area contributed by atoms with Crippen LogP contribution in [-0.4, -0.2) is 32.2 Å². The molecule has 0 amide bonds. The molecule has 5 nitrogen and oxygen atoms in total. The minimum absolute atomic E-state index is 0.0198. The zero-order valence-electron chi connectivity index (χ0n) is 13.6. The Morgan fingerprint density at radius 2 is 1.88 bits per heavy atom. The Labute approximate surface area is 139 Å². The Bertz CT molecular complexity index is 704. The van der Waals surface area contributed by atoms with Gasteiger partial charge in [0.05, 0.1) is 11.0 Å². The van der Waals surface area contributed by atoms with Crippen LogP contribution in [0.4, 0.5) is 13.2 Å². The van der Waals surface area contributed by atoms with E-state index in [-0.39, 0.29) is 29.8 Å². The van der Waals surface area contributed by atoms with E-state index in [1.54, 1.807) is 0 Å². The number of hydrogen-bond donors (Lipinski definition) is 0. The number of halogens is 3. The van der Waals surface area contributed by atoms with Gasteiger partial charge in [-0.25, -0.2) is 8.42 Å². The van der Waals surface area contributed by atoms with Crippen molar-refractivity contribution in [1.29, 1.82) is 5.26 Å². The molecule has 9 heteroatoms. The van der Waals surface area contributed by atoms with Crippen molar-refractivity contribution in [2.24, 2.45) is 5.41 Å². The maximum Gasteiger partial charge on any atom is 0.573 e. The second-order valence-electron chi connectivity index (χ2n) is 6.33. The maximum atomic E-state index is 12.7. The van der Waals surface area contributed by atoms with E-state index in [4.69, 9.17) is 5.26 Å². The largest absolute Gasteiger partial charge is 0.573 e.